The maximum Gasteiger partial charge on any atom is 0.238 e. The molecular formula is C12H18FNO3S. The van der Waals surface area contributed by atoms with E-state index in [-0.39, 0.29) is 22.3 Å². The van der Waals surface area contributed by atoms with Crippen molar-refractivity contribution in [2.24, 2.45) is 10.6 Å². The van der Waals surface area contributed by atoms with Gasteiger partial charge in [0.25, 0.3) is 0 Å². The molecule has 6 heteroatoms. The van der Waals surface area contributed by atoms with Gasteiger partial charge in [-0.3, -0.25) is 0 Å². The molecular weight excluding hydrogens is 257 g/mol. The number of hydrogen-bond donors (Lipinski definition) is 2. The lowest BCUT2D eigenvalue weighted by molar-refractivity contribution is 0.0628. The molecule has 1 aromatic rings. The van der Waals surface area contributed by atoms with Crippen molar-refractivity contribution >= 4 is 10.0 Å². The molecule has 3 N–H and O–H groups in total. The Balaban J connectivity index is 3.01. The molecule has 0 aliphatic carbocycles. The second kappa shape index (κ2) is 4.95. The van der Waals surface area contributed by atoms with Gasteiger partial charge in [-0.1, -0.05) is 26.8 Å². The highest BCUT2D eigenvalue weighted by Crippen LogP contribution is 2.24. The summed E-state index contributed by atoms with van der Waals surface area (Å²) in [5.41, 5.74) is -0.102. The molecule has 18 heavy (non-hydrogen) atoms. The Morgan fingerprint density at radius 3 is 2.33 bits per heavy atom. The molecule has 0 radical (unpaired) electrons. The van der Waals surface area contributed by atoms with Crippen molar-refractivity contribution in [2.45, 2.75) is 38.2 Å². The molecule has 0 heterocycles. The van der Waals surface area contributed by atoms with E-state index in [0.717, 1.165) is 6.07 Å². The second-order valence-electron chi connectivity index (χ2n) is 5.38. The summed E-state index contributed by atoms with van der Waals surface area (Å²) < 4.78 is 35.8. The Morgan fingerprint density at radius 2 is 1.94 bits per heavy atom. The van der Waals surface area contributed by atoms with Crippen LogP contribution in [0.15, 0.2) is 23.1 Å². The Bertz CT molecular complexity index is 535. The Labute approximate surface area is 107 Å². The molecule has 0 spiro atoms. The van der Waals surface area contributed by atoms with Gasteiger partial charge in [0.05, 0.1) is 11.0 Å². The highest BCUT2D eigenvalue weighted by molar-refractivity contribution is 7.89. The summed E-state index contributed by atoms with van der Waals surface area (Å²) in [4.78, 5) is -0.269. The number of benzene rings is 1. The molecule has 0 bridgehead atoms. The first-order valence-corrected chi connectivity index (χ1v) is 7.06. The fraction of sp³-hybridized carbons (Fsp3) is 0.500. The molecule has 1 aromatic carbocycles. The maximum atomic E-state index is 13.7. The van der Waals surface area contributed by atoms with Crippen LogP contribution in [-0.2, 0) is 16.4 Å². The van der Waals surface area contributed by atoms with Crippen molar-refractivity contribution in [2.75, 3.05) is 0 Å². The van der Waals surface area contributed by atoms with Crippen LogP contribution in [0.5, 0.6) is 0 Å². The van der Waals surface area contributed by atoms with Crippen LogP contribution >= 0.6 is 0 Å². The van der Waals surface area contributed by atoms with Crippen molar-refractivity contribution in [1.29, 1.82) is 0 Å². The standard InChI is InChI=1S/C12H18FNO3S/c1-12(2,3)11(15)6-8-4-5-9(7-10(8)13)18(14,16)17/h4-5,7,11,15H,6H2,1-3H3,(H2,14,16,17). The third-order valence-electron chi connectivity index (χ3n) is 2.77. The maximum absolute atomic E-state index is 13.7. The van der Waals surface area contributed by atoms with E-state index in [2.05, 4.69) is 0 Å². The van der Waals surface area contributed by atoms with Crippen LogP contribution < -0.4 is 5.14 Å². The van der Waals surface area contributed by atoms with E-state index in [1.54, 1.807) is 0 Å². The molecule has 4 nitrogen and oxygen atoms in total. The lowest BCUT2D eigenvalue weighted by Gasteiger charge is -2.26. The molecule has 102 valence electrons. The summed E-state index contributed by atoms with van der Waals surface area (Å²) in [7, 11) is -3.90. The van der Waals surface area contributed by atoms with Crippen molar-refractivity contribution in [1.82, 2.24) is 0 Å². The molecule has 1 atom stereocenters. The summed E-state index contributed by atoms with van der Waals surface area (Å²) in [6, 6.07) is 3.45. The summed E-state index contributed by atoms with van der Waals surface area (Å²) in [6.45, 7) is 5.52. The fourth-order valence-electron chi connectivity index (χ4n) is 1.39. The fourth-order valence-corrected chi connectivity index (χ4v) is 1.91. The number of aliphatic hydroxyl groups excluding tert-OH is 1. The minimum Gasteiger partial charge on any atom is -0.392 e. The van der Waals surface area contributed by atoms with Crippen molar-refractivity contribution in [3.05, 3.63) is 29.6 Å². The Kier molecular flexibility index (Phi) is 4.15. The molecule has 0 amide bonds. The summed E-state index contributed by atoms with van der Waals surface area (Å²) in [5, 5.41) is 14.8. The van der Waals surface area contributed by atoms with E-state index in [0.29, 0.717) is 0 Å². The van der Waals surface area contributed by atoms with Crippen molar-refractivity contribution in [3.63, 3.8) is 0 Å². The van der Waals surface area contributed by atoms with E-state index < -0.39 is 21.9 Å². The van der Waals surface area contributed by atoms with Gasteiger partial charge in [-0.25, -0.2) is 17.9 Å². The SMILES string of the molecule is CC(C)(C)C(O)Cc1ccc(S(N)(=O)=O)cc1F. The Hall–Kier alpha value is -0.980. The van der Waals surface area contributed by atoms with Gasteiger partial charge < -0.3 is 5.11 Å². The Morgan fingerprint density at radius 1 is 1.39 bits per heavy atom. The third-order valence-corrected chi connectivity index (χ3v) is 3.68. The quantitative estimate of drug-likeness (QED) is 0.875. The van der Waals surface area contributed by atoms with Crippen LogP contribution in [0.4, 0.5) is 4.39 Å². The van der Waals surface area contributed by atoms with Gasteiger partial charge in [-0.05, 0) is 23.1 Å². The van der Waals surface area contributed by atoms with Gasteiger partial charge >= 0.3 is 0 Å². The van der Waals surface area contributed by atoms with Crippen LogP contribution in [0, 0.1) is 11.2 Å². The van der Waals surface area contributed by atoms with Gasteiger partial charge in [0.15, 0.2) is 0 Å². The molecule has 0 fully saturated rings. The molecule has 1 unspecified atom stereocenters. The number of rotatable bonds is 3. The molecule has 0 aliphatic heterocycles. The number of hydrogen-bond acceptors (Lipinski definition) is 3. The molecule has 0 saturated heterocycles. The van der Waals surface area contributed by atoms with Crippen molar-refractivity contribution in [3.8, 4) is 0 Å². The summed E-state index contributed by atoms with van der Waals surface area (Å²) >= 11 is 0. The van der Waals surface area contributed by atoms with Crippen LogP contribution in [0.1, 0.15) is 26.3 Å². The first kappa shape index (κ1) is 15.1. The average Bonchev–Trinajstić information content (AvgIpc) is 2.17. The zero-order chi connectivity index (χ0) is 14.1. The van der Waals surface area contributed by atoms with Crippen LogP contribution in [0.3, 0.4) is 0 Å². The summed E-state index contributed by atoms with van der Waals surface area (Å²) in [6.07, 6.45) is -0.590. The van der Waals surface area contributed by atoms with Gasteiger partial charge in [-0.2, -0.15) is 0 Å². The zero-order valence-corrected chi connectivity index (χ0v) is 11.5. The summed E-state index contributed by atoms with van der Waals surface area (Å²) in [5.74, 6) is -0.676. The minimum atomic E-state index is -3.90. The van der Waals surface area contributed by atoms with E-state index in [1.165, 1.54) is 12.1 Å². The topological polar surface area (TPSA) is 80.4 Å². The van der Waals surface area contributed by atoms with Gasteiger partial charge in [-0.15, -0.1) is 0 Å². The highest BCUT2D eigenvalue weighted by Gasteiger charge is 2.23. The van der Waals surface area contributed by atoms with E-state index >= 15 is 0 Å². The lowest BCUT2D eigenvalue weighted by atomic mass is 9.85. The van der Waals surface area contributed by atoms with Gasteiger partial charge in [0.2, 0.25) is 10.0 Å². The largest absolute Gasteiger partial charge is 0.392 e. The predicted octanol–water partition coefficient (Wildman–Crippen LogP) is 1.42. The van der Waals surface area contributed by atoms with Crippen LogP contribution in [0.2, 0.25) is 0 Å². The van der Waals surface area contributed by atoms with E-state index in [1.807, 2.05) is 20.8 Å². The normalized spacial score (nSPS) is 14.6. The smallest absolute Gasteiger partial charge is 0.238 e. The highest BCUT2D eigenvalue weighted by atomic mass is 32.2. The molecule has 0 aromatic heterocycles. The zero-order valence-electron chi connectivity index (χ0n) is 10.6. The van der Waals surface area contributed by atoms with Crippen molar-refractivity contribution < 1.29 is 17.9 Å². The lowest BCUT2D eigenvalue weighted by Crippen LogP contribution is -2.28. The number of halogens is 1. The monoisotopic (exact) mass is 275 g/mol. The minimum absolute atomic E-state index is 0.125. The van der Waals surface area contributed by atoms with E-state index in [4.69, 9.17) is 5.14 Å². The van der Waals surface area contributed by atoms with Crippen LogP contribution in [-0.4, -0.2) is 19.6 Å². The number of primary sulfonamides is 1. The van der Waals surface area contributed by atoms with Gasteiger partial charge in [0.1, 0.15) is 5.82 Å². The third kappa shape index (κ3) is 3.76. The first-order valence-electron chi connectivity index (χ1n) is 5.51. The average molecular weight is 275 g/mol. The predicted molar refractivity (Wildman–Crippen MR) is 66.9 cm³/mol. The molecule has 0 aliphatic rings. The second-order valence-corrected chi connectivity index (χ2v) is 6.95. The number of nitrogens with two attached hydrogens (primary N) is 1. The van der Waals surface area contributed by atoms with E-state index in [9.17, 15) is 17.9 Å². The van der Waals surface area contributed by atoms with Gasteiger partial charge in [0, 0.05) is 6.42 Å². The first-order chi connectivity index (χ1) is 8.01. The van der Waals surface area contributed by atoms with Crippen LogP contribution in [0.25, 0.3) is 0 Å². The number of sulfonamides is 1. The molecule has 1 rings (SSSR count). The molecule has 0 saturated carbocycles. The number of aliphatic hydroxyl groups is 1.